The number of rotatable bonds is 3. The molecular formula is C20H32O7. The van der Waals surface area contributed by atoms with Crippen LogP contribution in [0.3, 0.4) is 0 Å². The monoisotopic (exact) mass is 384 g/mol. The highest BCUT2D eigenvalue weighted by Gasteiger charge is 2.42. The third kappa shape index (κ3) is 5.28. The molecule has 0 bridgehead atoms. The molecule has 0 radical (unpaired) electrons. The number of esters is 1. The molecule has 2 spiro atoms. The zero-order valence-corrected chi connectivity index (χ0v) is 16.3. The lowest BCUT2D eigenvalue weighted by atomic mass is 9.85. The first-order chi connectivity index (χ1) is 13.1. The van der Waals surface area contributed by atoms with Gasteiger partial charge in [-0.2, -0.15) is 0 Å². The van der Waals surface area contributed by atoms with E-state index in [0.29, 0.717) is 33.0 Å². The predicted octanol–water partition coefficient (Wildman–Crippen LogP) is 2.60. The van der Waals surface area contributed by atoms with Gasteiger partial charge in [0.15, 0.2) is 11.6 Å². The fourth-order valence-corrected chi connectivity index (χ4v) is 4.34. The average Bonchev–Trinajstić information content (AvgIpc) is 3.34. The van der Waals surface area contributed by atoms with Crippen LogP contribution in [0.2, 0.25) is 0 Å². The van der Waals surface area contributed by atoms with Crippen molar-refractivity contribution in [1.82, 2.24) is 0 Å². The second-order valence-electron chi connectivity index (χ2n) is 7.72. The van der Waals surface area contributed by atoms with Gasteiger partial charge in [0.25, 0.3) is 0 Å². The summed E-state index contributed by atoms with van der Waals surface area (Å²) in [5.41, 5.74) is 0. The summed E-state index contributed by atoms with van der Waals surface area (Å²) in [4.78, 5) is 22.0. The molecule has 27 heavy (non-hydrogen) atoms. The van der Waals surface area contributed by atoms with E-state index in [1.54, 1.807) is 0 Å². The molecule has 4 rings (SSSR count). The molecule has 154 valence electrons. The highest BCUT2D eigenvalue weighted by molar-refractivity contribution is 5.72. The molecule has 2 saturated carbocycles. The van der Waals surface area contributed by atoms with Crippen LogP contribution in [0.15, 0.2) is 0 Å². The third-order valence-corrected chi connectivity index (χ3v) is 5.98. The summed E-state index contributed by atoms with van der Waals surface area (Å²) >= 11 is 0. The second kappa shape index (κ2) is 9.45. The quantitative estimate of drug-likeness (QED) is 0.546. The van der Waals surface area contributed by atoms with Crippen molar-refractivity contribution in [3.05, 3.63) is 0 Å². The molecule has 0 atom stereocenters. The number of ether oxygens (including phenoxy) is 5. The molecule has 4 aliphatic rings. The van der Waals surface area contributed by atoms with Crippen molar-refractivity contribution in [3.63, 3.8) is 0 Å². The standard InChI is InChI=1S/C11H18O4.C9H14O3/c1-2-13-10(12)9-3-5-11(6-4-9)14-7-8-15-11;10-7-8-1-3-9(4-2-8)11-5-6-12-9/h9H,2-8H2,1H3;7-8H,1-6H2. The maximum absolute atomic E-state index is 11.5. The molecule has 7 nitrogen and oxygen atoms in total. The Bertz CT molecular complexity index is 475. The van der Waals surface area contributed by atoms with Gasteiger partial charge in [-0.1, -0.05) is 0 Å². The molecular weight excluding hydrogens is 352 g/mol. The molecule has 4 fully saturated rings. The van der Waals surface area contributed by atoms with E-state index in [-0.39, 0.29) is 29.4 Å². The van der Waals surface area contributed by atoms with E-state index in [1.165, 1.54) is 0 Å². The van der Waals surface area contributed by atoms with Crippen molar-refractivity contribution >= 4 is 12.3 Å². The lowest BCUT2D eigenvalue weighted by molar-refractivity contribution is -0.187. The normalized spacial score (nSPS) is 29.3. The zero-order valence-electron chi connectivity index (χ0n) is 16.3. The summed E-state index contributed by atoms with van der Waals surface area (Å²) in [5, 5.41) is 0. The van der Waals surface area contributed by atoms with Crippen LogP contribution in [0.25, 0.3) is 0 Å². The number of hydrogen-bond acceptors (Lipinski definition) is 7. The van der Waals surface area contributed by atoms with Crippen LogP contribution in [0, 0.1) is 11.8 Å². The van der Waals surface area contributed by atoms with Crippen molar-refractivity contribution in [2.75, 3.05) is 33.0 Å². The van der Waals surface area contributed by atoms with E-state index in [4.69, 9.17) is 23.7 Å². The minimum atomic E-state index is -0.372. The summed E-state index contributed by atoms with van der Waals surface area (Å²) in [6.45, 7) is 5.10. The van der Waals surface area contributed by atoms with Crippen LogP contribution in [0.5, 0.6) is 0 Å². The van der Waals surface area contributed by atoms with E-state index >= 15 is 0 Å². The molecule has 0 aromatic rings. The Balaban J connectivity index is 0.000000159. The van der Waals surface area contributed by atoms with Crippen molar-refractivity contribution in [3.8, 4) is 0 Å². The van der Waals surface area contributed by atoms with Crippen LogP contribution in [-0.4, -0.2) is 56.9 Å². The molecule has 0 aromatic heterocycles. The molecule has 0 unspecified atom stereocenters. The van der Waals surface area contributed by atoms with Crippen LogP contribution in [0.1, 0.15) is 58.3 Å². The maximum atomic E-state index is 11.5. The largest absolute Gasteiger partial charge is 0.466 e. The Morgan fingerprint density at radius 2 is 1.33 bits per heavy atom. The van der Waals surface area contributed by atoms with Gasteiger partial charge in [0.05, 0.1) is 39.0 Å². The summed E-state index contributed by atoms with van der Waals surface area (Å²) < 4.78 is 27.3. The lowest BCUT2D eigenvalue weighted by Crippen LogP contribution is -2.37. The number of carbonyl (C=O) groups excluding carboxylic acids is 2. The molecule has 2 heterocycles. The van der Waals surface area contributed by atoms with Gasteiger partial charge in [-0.05, 0) is 32.6 Å². The first-order valence-corrected chi connectivity index (χ1v) is 10.3. The van der Waals surface area contributed by atoms with Gasteiger partial charge < -0.3 is 28.5 Å². The van der Waals surface area contributed by atoms with Gasteiger partial charge in [-0.25, -0.2) is 0 Å². The van der Waals surface area contributed by atoms with Gasteiger partial charge in [-0.15, -0.1) is 0 Å². The highest BCUT2D eigenvalue weighted by Crippen LogP contribution is 2.39. The number of hydrogen-bond donors (Lipinski definition) is 0. The summed E-state index contributed by atoms with van der Waals surface area (Å²) in [6, 6.07) is 0. The minimum Gasteiger partial charge on any atom is -0.466 e. The first-order valence-electron chi connectivity index (χ1n) is 10.3. The Labute approximate surface area is 161 Å². The molecule has 7 heteroatoms. The minimum absolute atomic E-state index is 0.0448. The van der Waals surface area contributed by atoms with Crippen molar-refractivity contribution in [2.24, 2.45) is 11.8 Å². The number of carbonyl (C=O) groups is 2. The van der Waals surface area contributed by atoms with Crippen molar-refractivity contribution in [2.45, 2.75) is 69.9 Å². The molecule has 2 saturated heterocycles. The maximum Gasteiger partial charge on any atom is 0.308 e. The van der Waals surface area contributed by atoms with Gasteiger partial charge in [-0.3, -0.25) is 4.79 Å². The van der Waals surface area contributed by atoms with E-state index < -0.39 is 0 Å². The van der Waals surface area contributed by atoms with Gasteiger partial charge in [0, 0.05) is 31.6 Å². The molecule has 0 aromatic carbocycles. The summed E-state index contributed by atoms with van der Waals surface area (Å²) in [7, 11) is 0. The van der Waals surface area contributed by atoms with Gasteiger partial charge >= 0.3 is 5.97 Å². The highest BCUT2D eigenvalue weighted by atomic mass is 16.7. The van der Waals surface area contributed by atoms with Crippen LogP contribution in [-0.2, 0) is 33.3 Å². The topological polar surface area (TPSA) is 80.3 Å². The number of aldehydes is 1. The Kier molecular flexibility index (Phi) is 7.25. The van der Waals surface area contributed by atoms with E-state index in [1.807, 2.05) is 6.92 Å². The summed E-state index contributed by atoms with van der Waals surface area (Å²) in [6.07, 6.45) is 7.94. The third-order valence-electron chi connectivity index (χ3n) is 5.98. The van der Waals surface area contributed by atoms with Crippen LogP contribution >= 0.6 is 0 Å². The van der Waals surface area contributed by atoms with E-state index in [0.717, 1.165) is 57.7 Å². The predicted molar refractivity (Wildman–Crippen MR) is 95.9 cm³/mol. The first kappa shape index (κ1) is 20.7. The molecule has 2 aliphatic heterocycles. The second-order valence-corrected chi connectivity index (χ2v) is 7.72. The van der Waals surface area contributed by atoms with Gasteiger partial charge in [0.1, 0.15) is 6.29 Å². The SMILES string of the molecule is CCOC(=O)C1CCC2(CC1)OCCO2.O=CC1CCC2(CC1)OCCO2. The molecule has 0 amide bonds. The van der Waals surface area contributed by atoms with E-state index in [2.05, 4.69) is 0 Å². The Morgan fingerprint density at radius 1 is 0.889 bits per heavy atom. The molecule has 2 aliphatic carbocycles. The molecule has 0 N–H and O–H groups in total. The Hall–Kier alpha value is -1.02. The lowest BCUT2D eigenvalue weighted by Gasteiger charge is -2.34. The smallest absolute Gasteiger partial charge is 0.308 e. The van der Waals surface area contributed by atoms with Crippen LogP contribution < -0.4 is 0 Å². The van der Waals surface area contributed by atoms with Crippen molar-refractivity contribution in [1.29, 1.82) is 0 Å². The van der Waals surface area contributed by atoms with Gasteiger partial charge in [0.2, 0.25) is 0 Å². The van der Waals surface area contributed by atoms with Crippen LogP contribution in [0.4, 0.5) is 0 Å². The summed E-state index contributed by atoms with van der Waals surface area (Å²) in [5.74, 6) is -0.458. The van der Waals surface area contributed by atoms with Crippen molar-refractivity contribution < 1.29 is 33.3 Å². The zero-order chi connectivity index (χ0) is 19.2. The average molecular weight is 384 g/mol. The fraction of sp³-hybridized carbons (Fsp3) is 0.900. The Morgan fingerprint density at radius 3 is 1.74 bits per heavy atom. The van der Waals surface area contributed by atoms with E-state index in [9.17, 15) is 9.59 Å². The fourth-order valence-electron chi connectivity index (χ4n) is 4.34.